The molecule has 0 saturated carbocycles. The molecule has 0 spiro atoms. The van der Waals surface area contributed by atoms with Crippen LogP contribution in [0.4, 0.5) is 0 Å². The van der Waals surface area contributed by atoms with E-state index in [4.69, 9.17) is 9.47 Å². The summed E-state index contributed by atoms with van der Waals surface area (Å²) in [5, 5.41) is 0. The summed E-state index contributed by atoms with van der Waals surface area (Å²) in [7, 11) is 1.38. The molecule has 1 heterocycles. The van der Waals surface area contributed by atoms with Crippen molar-refractivity contribution in [3.8, 4) is 0 Å². The molecule has 1 aromatic rings. The molecule has 0 aliphatic carbocycles. The van der Waals surface area contributed by atoms with E-state index < -0.39 is 11.6 Å². The highest BCUT2D eigenvalue weighted by molar-refractivity contribution is 5.85. The van der Waals surface area contributed by atoms with Gasteiger partial charge in [0.2, 0.25) is 5.54 Å². The molecule has 0 amide bonds. The summed E-state index contributed by atoms with van der Waals surface area (Å²) in [6, 6.07) is 9.62. The van der Waals surface area contributed by atoms with Gasteiger partial charge in [-0.1, -0.05) is 44.2 Å². The van der Waals surface area contributed by atoms with E-state index in [1.807, 2.05) is 44.2 Å². The average Bonchev–Trinajstić information content (AvgIpc) is 2.84. The minimum Gasteiger partial charge on any atom is -0.472 e. The molecule has 18 heavy (non-hydrogen) atoms. The molecule has 0 saturated heterocycles. The second-order valence-corrected chi connectivity index (χ2v) is 4.63. The Morgan fingerprint density at radius 1 is 1.39 bits per heavy atom. The lowest BCUT2D eigenvalue weighted by atomic mass is 9.79. The average molecular weight is 247 g/mol. The van der Waals surface area contributed by atoms with Gasteiger partial charge in [0.25, 0.3) is 0 Å². The van der Waals surface area contributed by atoms with Crippen molar-refractivity contribution in [2.75, 3.05) is 7.11 Å². The molecule has 4 heteroatoms. The lowest BCUT2D eigenvalue weighted by Crippen LogP contribution is -2.46. The highest BCUT2D eigenvalue weighted by Crippen LogP contribution is 2.42. The van der Waals surface area contributed by atoms with Gasteiger partial charge in [0.05, 0.1) is 7.11 Å². The predicted octanol–water partition coefficient (Wildman–Crippen LogP) is 2.35. The van der Waals surface area contributed by atoms with Gasteiger partial charge in [-0.2, -0.15) is 0 Å². The number of hydrogen-bond donors (Lipinski definition) is 0. The molecule has 1 aliphatic heterocycles. The molecule has 0 aromatic heterocycles. The van der Waals surface area contributed by atoms with Gasteiger partial charge in [0.15, 0.2) is 12.5 Å². The number of nitrogens with zero attached hydrogens (tertiary/aromatic N) is 1. The molecular formula is C14H17NO3. The molecule has 2 atom stereocenters. The summed E-state index contributed by atoms with van der Waals surface area (Å²) in [5.74, 6) is -0.381. The van der Waals surface area contributed by atoms with Crippen LogP contribution in [-0.2, 0) is 14.3 Å². The van der Waals surface area contributed by atoms with Crippen molar-refractivity contribution >= 4 is 12.4 Å². The maximum Gasteiger partial charge on any atom is 0.338 e. The first kappa shape index (κ1) is 12.6. The normalized spacial score (nSPS) is 26.1. The van der Waals surface area contributed by atoms with Gasteiger partial charge < -0.3 is 9.47 Å². The number of esters is 1. The third-order valence-electron chi connectivity index (χ3n) is 3.36. The van der Waals surface area contributed by atoms with Crippen molar-refractivity contribution in [3.05, 3.63) is 35.9 Å². The maximum absolute atomic E-state index is 12.1. The molecule has 2 rings (SSSR count). The Balaban J connectivity index is 2.45. The van der Waals surface area contributed by atoms with E-state index in [1.54, 1.807) is 0 Å². The van der Waals surface area contributed by atoms with E-state index in [9.17, 15) is 4.79 Å². The Labute approximate surface area is 107 Å². The fourth-order valence-electron chi connectivity index (χ4n) is 2.32. The van der Waals surface area contributed by atoms with Crippen molar-refractivity contribution < 1.29 is 14.3 Å². The minimum atomic E-state index is -0.990. The lowest BCUT2D eigenvalue weighted by molar-refractivity contribution is -0.152. The highest BCUT2D eigenvalue weighted by Gasteiger charge is 2.54. The number of benzene rings is 1. The summed E-state index contributed by atoms with van der Waals surface area (Å²) in [6.45, 7) is 3.89. The Bertz CT molecular complexity index is 455. The molecule has 4 nitrogen and oxygen atoms in total. The van der Waals surface area contributed by atoms with E-state index in [0.29, 0.717) is 0 Å². The maximum atomic E-state index is 12.1. The largest absolute Gasteiger partial charge is 0.472 e. The first-order valence-corrected chi connectivity index (χ1v) is 5.95. The summed E-state index contributed by atoms with van der Waals surface area (Å²) < 4.78 is 10.5. The van der Waals surface area contributed by atoms with E-state index in [2.05, 4.69) is 4.99 Å². The molecule has 0 N–H and O–H groups in total. The van der Waals surface area contributed by atoms with Crippen LogP contribution in [0.3, 0.4) is 0 Å². The third kappa shape index (κ3) is 1.78. The molecule has 1 aliphatic rings. The number of ether oxygens (including phenoxy) is 2. The highest BCUT2D eigenvalue weighted by atomic mass is 16.5. The topological polar surface area (TPSA) is 47.9 Å². The van der Waals surface area contributed by atoms with Crippen LogP contribution in [0.25, 0.3) is 0 Å². The Morgan fingerprint density at radius 3 is 2.61 bits per heavy atom. The predicted molar refractivity (Wildman–Crippen MR) is 68.3 cm³/mol. The standard InChI is InChI=1S/C14H17NO3/c1-10(2)14(13(16)17-3)12(18-9-15-14)11-7-5-4-6-8-11/h4-10,12H,1-3H3/t12-,14-/m0/s1. The monoisotopic (exact) mass is 247 g/mol. The molecule has 0 unspecified atom stereocenters. The van der Waals surface area contributed by atoms with Crippen LogP contribution in [0.1, 0.15) is 25.5 Å². The van der Waals surface area contributed by atoms with Crippen molar-refractivity contribution in [1.82, 2.24) is 0 Å². The number of methoxy groups -OCH3 is 1. The SMILES string of the molecule is COC(=O)[C@@]1(C(C)C)N=CO[C@H]1c1ccccc1. The Hall–Kier alpha value is -1.84. The first-order chi connectivity index (χ1) is 8.63. The van der Waals surface area contributed by atoms with Crippen LogP contribution in [0, 0.1) is 5.92 Å². The zero-order valence-corrected chi connectivity index (χ0v) is 10.8. The molecular weight excluding hydrogens is 230 g/mol. The summed E-state index contributed by atoms with van der Waals surface area (Å²) in [5.41, 5.74) is -0.0649. The Morgan fingerprint density at radius 2 is 2.06 bits per heavy atom. The van der Waals surface area contributed by atoms with Gasteiger partial charge in [-0.25, -0.2) is 9.79 Å². The lowest BCUT2D eigenvalue weighted by Gasteiger charge is -2.32. The van der Waals surface area contributed by atoms with E-state index in [1.165, 1.54) is 13.5 Å². The summed E-state index contributed by atoms with van der Waals surface area (Å²) in [6.07, 6.45) is 0.931. The van der Waals surface area contributed by atoms with Crippen molar-refractivity contribution in [3.63, 3.8) is 0 Å². The zero-order valence-electron chi connectivity index (χ0n) is 10.8. The van der Waals surface area contributed by atoms with Crippen molar-refractivity contribution in [2.24, 2.45) is 10.9 Å². The summed E-state index contributed by atoms with van der Waals surface area (Å²) in [4.78, 5) is 16.4. The molecule has 1 aromatic carbocycles. The van der Waals surface area contributed by atoms with E-state index >= 15 is 0 Å². The second kappa shape index (κ2) is 4.80. The smallest absolute Gasteiger partial charge is 0.338 e. The van der Waals surface area contributed by atoms with Gasteiger partial charge >= 0.3 is 5.97 Å². The van der Waals surface area contributed by atoms with Crippen LogP contribution < -0.4 is 0 Å². The van der Waals surface area contributed by atoms with Gasteiger partial charge in [-0.3, -0.25) is 0 Å². The summed E-state index contributed by atoms with van der Waals surface area (Å²) >= 11 is 0. The van der Waals surface area contributed by atoms with Crippen molar-refractivity contribution in [2.45, 2.75) is 25.5 Å². The van der Waals surface area contributed by atoms with E-state index in [0.717, 1.165) is 5.56 Å². The number of rotatable bonds is 3. The van der Waals surface area contributed by atoms with Crippen LogP contribution in [0.15, 0.2) is 35.3 Å². The second-order valence-electron chi connectivity index (χ2n) is 4.63. The molecule has 0 fully saturated rings. The molecule has 0 radical (unpaired) electrons. The fourth-order valence-corrected chi connectivity index (χ4v) is 2.32. The van der Waals surface area contributed by atoms with Crippen LogP contribution in [0.2, 0.25) is 0 Å². The first-order valence-electron chi connectivity index (χ1n) is 5.95. The van der Waals surface area contributed by atoms with Gasteiger partial charge in [-0.15, -0.1) is 0 Å². The zero-order chi connectivity index (χ0) is 13.2. The third-order valence-corrected chi connectivity index (χ3v) is 3.36. The molecule has 96 valence electrons. The van der Waals surface area contributed by atoms with Gasteiger partial charge in [-0.05, 0) is 11.5 Å². The number of hydrogen-bond acceptors (Lipinski definition) is 4. The number of aliphatic imine (C=N–C) groups is 1. The Kier molecular flexibility index (Phi) is 3.36. The van der Waals surface area contributed by atoms with Crippen LogP contribution in [-0.4, -0.2) is 25.0 Å². The van der Waals surface area contributed by atoms with Gasteiger partial charge in [0.1, 0.15) is 0 Å². The van der Waals surface area contributed by atoms with Crippen LogP contribution in [0.5, 0.6) is 0 Å². The number of carbonyl (C=O) groups is 1. The quantitative estimate of drug-likeness (QED) is 0.770. The van der Waals surface area contributed by atoms with Gasteiger partial charge in [0, 0.05) is 0 Å². The molecule has 0 bridgehead atoms. The minimum absolute atomic E-state index is 0.0195. The van der Waals surface area contributed by atoms with Crippen molar-refractivity contribution in [1.29, 1.82) is 0 Å². The van der Waals surface area contributed by atoms with E-state index in [-0.39, 0.29) is 11.9 Å². The van der Waals surface area contributed by atoms with Crippen LogP contribution >= 0.6 is 0 Å². The number of carbonyl (C=O) groups excluding carboxylic acids is 1. The fraction of sp³-hybridized carbons (Fsp3) is 0.429.